The van der Waals surface area contributed by atoms with Crippen molar-refractivity contribution < 1.29 is 9.59 Å². The molecule has 0 aromatic heterocycles. The number of hydrogen-bond donors (Lipinski definition) is 2. The molecule has 1 rings (SSSR count). The van der Waals surface area contributed by atoms with E-state index in [-0.39, 0.29) is 18.4 Å². The summed E-state index contributed by atoms with van der Waals surface area (Å²) in [6.45, 7) is 1.80. The fraction of sp³-hybridized carbons (Fsp3) is 0.333. The Morgan fingerprint density at radius 1 is 1.35 bits per heavy atom. The summed E-state index contributed by atoms with van der Waals surface area (Å²) >= 11 is 0. The van der Waals surface area contributed by atoms with Crippen molar-refractivity contribution in [1.29, 1.82) is 0 Å². The topological polar surface area (TPSA) is 75.4 Å². The highest BCUT2D eigenvalue weighted by Gasteiger charge is 2.12. The van der Waals surface area contributed by atoms with Gasteiger partial charge in [0, 0.05) is 19.8 Å². The van der Waals surface area contributed by atoms with Crippen molar-refractivity contribution in [3.05, 3.63) is 29.3 Å². The first-order chi connectivity index (χ1) is 7.93. The third-order valence-corrected chi connectivity index (χ3v) is 2.47. The van der Waals surface area contributed by atoms with Gasteiger partial charge in [-0.1, -0.05) is 12.1 Å². The van der Waals surface area contributed by atoms with Gasteiger partial charge >= 0.3 is 0 Å². The summed E-state index contributed by atoms with van der Waals surface area (Å²) in [6, 6.07) is 5.23. The zero-order chi connectivity index (χ0) is 13.0. The molecule has 0 aliphatic heterocycles. The van der Waals surface area contributed by atoms with Crippen LogP contribution in [0.25, 0.3) is 0 Å². The van der Waals surface area contributed by atoms with E-state index < -0.39 is 0 Å². The molecule has 0 aliphatic carbocycles. The zero-order valence-electron chi connectivity index (χ0n) is 10.3. The molecule has 0 unspecified atom stereocenters. The second-order valence-electron chi connectivity index (χ2n) is 4.01. The maximum atomic E-state index is 11.8. The Morgan fingerprint density at radius 3 is 2.59 bits per heavy atom. The number of nitrogens with one attached hydrogen (secondary N) is 1. The first kappa shape index (κ1) is 13.0. The molecule has 3 N–H and O–H groups in total. The highest BCUT2D eigenvalue weighted by molar-refractivity contribution is 6.01. The number of amides is 2. The van der Waals surface area contributed by atoms with Crippen molar-refractivity contribution in [3.63, 3.8) is 0 Å². The van der Waals surface area contributed by atoms with Crippen LogP contribution >= 0.6 is 0 Å². The number of carbonyl (C=O) groups is 2. The molecule has 1 aromatic rings. The van der Waals surface area contributed by atoms with Gasteiger partial charge in [0.15, 0.2) is 0 Å². The second-order valence-corrected chi connectivity index (χ2v) is 4.01. The molecule has 17 heavy (non-hydrogen) atoms. The maximum Gasteiger partial charge on any atom is 0.253 e. The number of nitrogen functional groups attached to an aromatic ring is 1. The van der Waals surface area contributed by atoms with Gasteiger partial charge in [0.25, 0.3) is 5.91 Å². The number of nitrogens with two attached hydrogens (primary N) is 1. The molecule has 0 heterocycles. The van der Waals surface area contributed by atoms with Gasteiger partial charge in [0.2, 0.25) is 5.91 Å². The van der Waals surface area contributed by atoms with Gasteiger partial charge in [-0.25, -0.2) is 0 Å². The molecule has 0 saturated heterocycles. The van der Waals surface area contributed by atoms with Crippen molar-refractivity contribution in [2.24, 2.45) is 0 Å². The Kier molecular flexibility index (Phi) is 4.09. The normalized spacial score (nSPS) is 9.82. The molecule has 5 heteroatoms. The minimum atomic E-state index is -0.332. The molecule has 5 nitrogen and oxygen atoms in total. The largest absolute Gasteiger partial charge is 0.398 e. The number of aryl methyl sites for hydroxylation is 1. The van der Waals surface area contributed by atoms with Crippen LogP contribution in [0.2, 0.25) is 0 Å². The fourth-order valence-electron chi connectivity index (χ4n) is 1.29. The van der Waals surface area contributed by atoms with Crippen molar-refractivity contribution in [3.8, 4) is 0 Å². The second kappa shape index (κ2) is 5.34. The van der Waals surface area contributed by atoms with Crippen LogP contribution in [0.1, 0.15) is 15.9 Å². The molecule has 0 atom stereocenters. The summed E-state index contributed by atoms with van der Waals surface area (Å²) in [5.41, 5.74) is 7.48. The van der Waals surface area contributed by atoms with E-state index in [4.69, 9.17) is 5.73 Å². The molecular formula is C12H17N3O2. The van der Waals surface area contributed by atoms with E-state index in [0.29, 0.717) is 11.3 Å². The molecule has 0 aliphatic rings. The van der Waals surface area contributed by atoms with Gasteiger partial charge in [0.1, 0.15) is 0 Å². The lowest BCUT2D eigenvalue weighted by Gasteiger charge is -2.12. The molecule has 0 fully saturated rings. The monoisotopic (exact) mass is 235 g/mol. The lowest BCUT2D eigenvalue weighted by molar-refractivity contribution is -0.127. The van der Waals surface area contributed by atoms with E-state index in [9.17, 15) is 9.59 Å². The molecule has 0 spiro atoms. The van der Waals surface area contributed by atoms with Gasteiger partial charge in [-0.2, -0.15) is 0 Å². The van der Waals surface area contributed by atoms with Crippen molar-refractivity contribution in [2.75, 3.05) is 26.4 Å². The minimum Gasteiger partial charge on any atom is -0.398 e. The first-order valence-corrected chi connectivity index (χ1v) is 5.27. The Labute approximate surface area is 101 Å². The van der Waals surface area contributed by atoms with Gasteiger partial charge in [-0.3, -0.25) is 9.59 Å². The Morgan fingerprint density at radius 2 is 2.00 bits per heavy atom. The average molecular weight is 235 g/mol. The highest BCUT2D eigenvalue weighted by atomic mass is 16.2. The zero-order valence-corrected chi connectivity index (χ0v) is 10.3. The highest BCUT2D eigenvalue weighted by Crippen LogP contribution is 2.15. The van der Waals surface area contributed by atoms with Gasteiger partial charge < -0.3 is 16.0 Å². The third kappa shape index (κ3) is 3.21. The average Bonchev–Trinajstić information content (AvgIpc) is 2.29. The van der Waals surface area contributed by atoms with Crippen LogP contribution in [0.4, 0.5) is 5.69 Å². The molecule has 0 radical (unpaired) electrons. The Balaban J connectivity index is 2.71. The van der Waals surface area contributed by atoms with E-state index in [1.54, 1.807) is 26.2 Å². The van der Waals surface area contributed by atoms with E-state index in [1.165, 1.54) is 4.90 Å². The van der Waals surface area contributed by atoms with E-state index in [2.05, 4.69) is 5.32 Å². The molecule has 0 saturated carbocycles. The van der Waals surface area contributed by atoms with E-state index in [1.807, 2.05) is 13.0 Å². The standard InChI is InChI=1S/C12H17N3O2/c1-8-5-4-6-9(11(8)13)12(17)14-7-10(16)15(2)3/h4-6H,7,13H2,1-3H3,(H,14,17). The van der Waals surface area contributed by atoms with Crippen molar-refractivity contribution in [2.45, 2.75) is 6.92 Å². The van der Waals surface area contributed by atoms with Crippen LogP contribution < -0.4 is 11.1 Å². The Hall–Kier alpha value is -2.04. The number of rotatable bonds is 3. The summed E-state index contributed by atoms with van der Waals surface area (Å²) in [6.07, 6.45) is 0. The van der Waals surface area contributed by atoms with Crippen LogP contribution in [0.15, 0.2) is 18.2 Å². The number of anilines is 1. The molecule has 92 valence electrons. The predicted octanol–water partition coefficient (Wildman–Crippen LogP) is 0.395. The molecule has 1 aromatic carbocycles. The van der Waals surface area contributed by atoms with E-state index >= 15 is 0 Å². The summed E-state index contributed by atoms with van der Waals surface area (Å²) < 4.78 is 0. The summed E-state index contributed by atoms with van der Waals surface area (Å²) in [5.74, 6) is -0.494. The number of carbonyl (C=O) groups excluding carboxylic acids is 2. The molecule has 0 bridgehead atoms. The van der Waals surface area contributed by atoms with Crippen LogP contribution in [0, 0.1) is 6.92 Å². The summed E-state index contributed by atoms with van der Waals surface area (Å²) in [7, 11) is 3.27. The maximum absolute atomic E-state index is 11.8. The van der Waals surface area contributed by atoms with Crippen LogP contribution in [0.5, 0.6) is 0 Å². The summed E-state index contributed by atoms with van der Waals surface area (Å²) in [4.78, 5) is 24.5. The molecule has 2 amide bonds. The van der Waals surface area contributed by atoms with Crippen LogP contribution in [0.3, 0.4) is 0 Å². The van der Waals surface area contributed by atoms with Crippen molar-refractivity contribution in [1.82, 2.24) is 10.2 Å². The van der Waals surface area contributed by atoms with Crippen LogP contribution in [-0.4, -0.2) is 37.4 Å². The van der Waals surface area contributed by atoms with Gasteiger partial charge in [-0.15, -0.1) is 0 Å². The quantitative estimate of drug-likeness (QED) is 0.744. The van der Waals surface area contributed by atoms with Crippen LogP contribution in [-0.2, 0) is 4.79 Å². The summed E-state index contributed by atoms with van der Waals surface area (Å²) in [5, 5.41) is 2.54. The minimum absolute atomic E-state index is 0.0286. The predicted molar refractivity (Wildman–Crippen MR) is 66.6 cm³/mol. The number of nitrogens with zero attached hydrogens (tertiary/aromatic N) is 1. The van der Waals surface area contributed by atoms with Crippen molar-refractivity contribution >= 4 is 17.5 Å². The fourth-order valence-corrected chi connectivity index (χ4v) is 1.29. The lowest BCUT2D eigenvalue weighted by atomic mass is 10.1. The first-order valence-electron chi connectivity index (χ1n) is 5.27. The number of hydrogen-bond acceptors (Lipinski definition) is 3. The van der Waals surface area contributed by atoms with Gasteiger partial charge in [0.05, 0.1) is 12.1 Å². The Bertz CT molecular complexity index is 441. The van der Waals surface area contributed by atoms with Gasteiger partial charge in [-0.05, 0) is 18.6 Å². The number of benzene rings is 1. The SMILES string of the molecule is Cc1cccc(C(=O)NCC(=O)N(C)C)c1N. The number of likely N-dealkylation sites (N-methyl/N-ethyl adjacent to an activating group) is 1. The molecular weight excluding hydrogens is 218 g/mol. The lowest BCUT2D eigenvalue weighted by Crippen LogP contribution is -2.36. The van der Waals surface area contributed by atoms with E-state index in [0.717, 1.165) is 5.56 Å². The third-order valence-electron chi connectivity index (χ3n) is 2.47. The smallest absolute Gasteiger partial charge is 0.253 e. The number of para-hydroxylation sites is 1.